The molecule has 0 spiro atoms. The molecule has 0 heterocycles. The molecule has 0 fully saturated rings. The van der Waals surface area contributed by atoms with Crippen molar-refractivity contribution in [3.8, 4) is 0 Å². The molecule has 0 atom stereocenters. The van der Waals surface area contributed by atoms with Gasteiger partial charge in [-0.15, -0.1) is 0 Å². The first-order valence-electron chi connectivity index (χ1n) is 2.56. The Morgan fingerprint density at radius 2 is 1.56 bits per heavy atom. The second kappa shape index (κ2) is 8.84. The largest absolute Gasteiger partial charge is 0.329 e. The molecular weight excluding hydrogens is 154 g/mol. The van der Waals surface area contributed by atoms with Crippen molar-refractivity contribution >= 4 is 26.0 Å². The van der Waals surface area contributed by atoms with Gasteiger partial charge in [0.25, 0.3) is 0 Å². The molecule has 0 radical (unpaired) electrons. The van der Waals surface area contributed by atoms with E-state index in [0.29, 0.717) is 13.2 Å². The smallest absolute Gasteiger partial charge is 0.328 e. The fourth-order valence-electron chi connectivity index (χ4n) is 0.258. The Balaban J connectivity index is 0. The fourth-order valence-corrected chi connectivity index (χ4v) is 0.774. The van der Waals surface area contributed by atoms with E-state index in [0.717, 1.165) is 0 Å². The van der Waals surface area contributed by atoms with Gasteiger partial charge in [0, 0.05) is 0 Å². The van der Waals surface area contributed by atoms with Crippen molar-refractivity contribution in [1.29, 1.82) is 0 Å². The van der Waals surface area contributed by atoms with Crippen LogP contribution in [-0.2, 0) is 9.05 Å². The molecule has 0 aliphatic rings. The van der Waals surface area contributed by atoms with E-state index in [-0.39, 0.29) is 17.4 Å². The molecule has 0 bridgehead atoms. The summed E-state index contributed by atoms with van der Waals surface area (Å²) in [4.78, 5) is 8.67. The van der Waals surface area contributed by atoms with Crippen LogP contribution in [0.4, 0.5) is 0 Å². The lowest BCUT2D eigenvalue weighted by Crippen LogP contribution is -1.87. The number of hydrogen-bond donors (Lipinski definition) is 1. The summed E-state index contributed by atoms with van der Waals surface area (Å²) < 4.78 is 9.36. The number of rotatable bonds is 4. The highest BCUT2D eigenvalue weighted by Gasteiger charge is 2.00. The first kappa shape index (κ1) is 12.5. The zero-order valence-electron chi connectivity index (χ0n) is 5.13. The summed E-state index contributed by atoms with van der Waals surface area (Å²) in [5.41, 5.74) is 0. The van der Waals surface area contributed by atoms with Gasteiger partial charge in [0.2, 0.25) is 0 Å². The average molecular weight is 168 g/mol. The second-order valence-electron chi connectivity index (χ2n) is 1.07. The minimum atomic E-state index is -1.58. The lowest BCUT2D eigenvalue weighted by Gasteiger charge is -2.05. The van der Waals surface area contributed by atoms with Gasteiger partial charge < -0.3 is 13.9 Å². The highest BCUT2D eigenvalue weighted by atomic mass is 31.2. The van der Waals surface area contributed by atoms with E-state index < -0.39 is 8.60 Å². The van der Waals surface area contributed by atoms with E-state index in [1.807, 2.05) is 13.8 Å². The molecule has 56 valence electrons. The fraction of sp³-hybridized carbons (Fsp3) is 1.00. The van der Waals surface area contributed by atoms with Crippen molar-refractivity contribution in [2.75, 3.05) is 13.2 Å². The Bertz CT molecular complexity index is 49.1. The standard InChI is InChI=1S/C4H11O3P.Al.3H/c1-3-6-8(5)7-4-2;;;;/h5H,3-4H2,1-2H3;;;;. The molecule has 0 rings (SSSR count). The summed E-state index contributed by atoms with van der Waals surface area (Å²) in [6.45, 7) is 4.62. The van der Waals surface area contributed by atoms with E-state index in [2.05, 4.69) is 9.05 Å². The molecule has 0 aromatic rings. The van der Waals surface area contributed by atoms with Gasteiger partial charge in [0.1, 0.15) is 0 Å². The first-order chi connectivity index (χ1) is 3.81. The molecule has 1 N–H and O–H groups in total. The van der Waals surface area contributed by atoms with Gasteiger partial charge >= 0.3 is 8.60 Å². The van der Waals surface area contributed by atoms with Crippen LogP contribution in [-0.4, -0.2) is 35.5 Å². The van der Waals surface area contributed by atoms with E-state index in [1.165, 1.54) is 0 Å². The highest BCUT2D eigenvalue weighted by molar-refractivity contribution is 7.40. The van der Waals surface area contributed by atoms with Crippen molar-refractivity contribution in [1.82, 2.24) is 0 Å². The first-order valence-corrected chi connectivity index (χ1v) is 3.69. The molecule has 0 unspecified atom stereocenters. The third kappa shape index (κ3) is 8.84. The molecule has 0 amide bonds. The van der Waals surface area contributed by atoms with Crippen LogP contribution in [0.5, 0.6) is 0 Å². The van der Waals surface area contributed by atoms with Gasteiger partial charge in [0.15, 0.2) is 17.4 Å². The average Bonchev–Trinajstić information content (AvgIpc) is 1.68. The Labute approximate surface area is 67.5 Å². The van der Waals surface area contributed by atoms with Crippen LogP contribution in [0.25, 0.3) is 0 Å². The summed E-state index contributed by atoms with van der Waals surface area (Å²) in [6.07, 6.45) is 0. The summed E-state index contributed by atoms with van der Waals surface area (Å²) in [5.74, 6) is 0. The van der Waals surface area contributed by atoms with Crippen molar-refractivity contribution in [2.45, 2.75) is 13.8 Å². The lowest BCUT2D eigenvalue weighted by molar-refractivity contribution is 0.216. The summed E-state index contributed by atoms with van der Waals surface area (Å²) in [7, 11) is -1.58. The van der Waals surface area contributed by atoms with Gasteiger partial charge in [-0.3, -0.25) is 0 Å². The van der Waals surface area contributed by atoms with Gasteiger partial charge in [-0.2, -0.15) is 0 Å². The topological polar surface area (TPSA) is 38.7 Å². The van der Waals surface area contributed by atoms with Crippen molar-refractivity contribution < 1.29 is 13.9 Å². The van der Waals surface area contributed by atoms with Crippen LogP contribution in [0, 0.1) is 0 Å². The van der Waals surface area contributed by atoms with Gasteiger partial charge in [-0.1, -0.05) is 0 Å². The minimum absolute atomic E-state index is 0. The maximum absolute atomic E-state index is 8.67. The maximum Gasteiger partial charge on any atom is 0.329 e. The van der Waals surface area contributed by atoms with Crippen LogP contribution in [0.3, 0.4) is 0 Å². The molecule has 3 nitrogen and oxygen atoms in total. The SMILES string of the molecule is CCOP(O)OCC.[AlH3]. The van der Waals surface area contributed by atoms with Crippen molar-refractivity contribution in [3.05, 3.63) is 0 Å². The van der Waals surface area contributed by atoms with E-state index in [4.69, 9.17) is 4.89 Å². The summed E-state index contributed by atoms with van der Waals surface area (Å²) in [5, 5.41) is 0. The molecule has 0 aromatic heterocycles. The van der Waals surface area contributed by atoms with Crippen LogP contribution in [0.2, 0.25) is 0 Å². The van der Waals surface area contributed by atoms with E-state index in [9.17, 15) is 0 Å². The van der Waals surface area contributed by atoms with Crippen LogP contribution in [0.15, 0.2) is 0 Å². The van der Waals surface area contributed by atoms with Crippen LogP contribution in [0.1, 0.15) is 13.8 Å². The Morgan fingerprint density at radius 1 is 1.22 bits per heavy atom. The zero-order chi connectivity index (χ0) is 6.41. The minimum Gasteiger partial charge on any atom is -0.328 e. The van der Waals surface area contributed by atoms with Gasteiger partial charge in [-0.05, 0) is 13.8 Å². The molecule has 0 saturated carbocycles. The van der Waals surface area contributed by atoms with Crippen LogP contribution < -0.4 is 0 Å². The molecule has 0 aromatic carbocycles. The second-order valence-corrected chi connectivity index (χ2v) is 2.07. The van der Waals surface area contributed by atoms with E-state index in [1.54, 1.807) is 0 Å². The number of hydrogen-bond acceptors (Lipinski definition) is 3. The Kier molecular flexibility index (Phi) is 12.3. The molecule has 0 saturated heterocycles. The monoisotopic (exact) mass is 168 g/mol. The lowest BCUT2D eigenvalue weighted by atomic mass is 10.9. The predicted molar refractivity (Wildman–Crippen MR) is 42.3 cm³/mol. The quantitative estimate of drug-likeness (QED) is 0.477. The molecule has 0 aliphatic carbocycles. The van der Waals surface area contributed by atoms with Gasteiger partial charge in [-0.25, -0.2) is 0 Å². The van der Waals surface area contributed by atoms with Gasteiger partial charge in [0.05, 0.1) is 13.2 Å². The Morgan fingerprint density at radius 3 is 1.78 bits per heavy atom. The molecule has 0 aliphatic heterocycles. The molecule has 9 heavy (non-hydrogen) atoms. The van der Waals surface area contributed by atoms with E-state index >= 15 is 0 Å². The predicted octanol–water partition coefficient (Wildman–Crippen LogP) is 0.0947. The third-order valence-corrected chi connectivity index (χ3v) is 1.44. The highest BCUT2D eigenvalue weighted by Crippen LogP contribution is 2.31. The van der Waals surface area contributed by atoms with Crippen LogP contribution >= 0.6 is 8.60 Å². The molecule has 5 heteroatoms. The normalized spacial score (nSPS) is 9.33. The third-order valence-electron chi connectivity index (χ3n) is 0.479. The Hall–Kier alpha value is 0.842. The maximum atomic E-state index is 8.67. The zero-order valence-corrected chi connectivity index (χ0v) is 6.02. The van der Waals surface area contributed by atoms with Crippen molar-refractivity contribution in [3.63, 3.8) is 0 Å². The van der Waals surface area contributed by atoms with Crippen molar-refractivity contribution in [2.24, 2.45) is 0 Å². The summed E-state index contributed by atoms with van der Waals surface area (Å²) >= 11 is 0. The molecular formula is C4H14AlO3P. The summed E-state index contributed by atoms with van der Waals surface area (Å²) in [6, 6.07) is 0.